The van der Waals surface area contributed by atoms with Crippen LogP contribution >= 0.6 is 11.3 Å². The van der Waals surface area contributed by atoms with Gasteiger partial charge in [0.25, 0.3) is 0 Å². The molecule has 3 rings (SSSR count). The highest BCUT2D eigenvalue weighted by molar-refractivity contribution is 7.18. The molecular weight excluding hydrogens is 354 g/mol. The smallest absolute Gasteiger partial charge is 0.321 e. The Morgan fingerprint density at radius 1 is 1.12 bits per heavy atom. The lowest BCUT2D eigenvalue weighted by Gasteiger charge is -2.10. The van der Waals surface area contributed by atoms with Gasteiger partial charge >= 0.3 is 6.03 Å². The Balaban J connectivity index is 1.44. The van der Waals surface area contributed by atoms with Crippen LogP contribution in [0.5, 0.6) is 11.5 Å². The van der Waals surface area contributed by atoms with E-state index in [2.05, 4.69) is 25.8 Å². The summed E-state index contributed by atoms with van der Waals surface area (Å²) in [6.07, 6.45) is 1.68. The third-order valence-electron chi connectivity index (χ3n) is 3.24. The molecular formula is C17H17N5O3S. The Kier molecular flexibility index (Phi) is 5.94. The van der Waals surface area contributed by atoms with Crippen LogP contribution in [-0.2, 0) is 0 Å². The summed E-state index contributed by atoms with van der Waals surface area (Å²) < 4.78 is 10.8. The molecule has 0 fully saturated rings. The largest absolute Gasteiger partial charge is 0.493 e. The topological polar surface area (TPSA) is 98.3 Å². The molecule has 9 heteroatoms. The summed E-state index contributed by atoms with van der Waals surface area (Å²) in [6.45, 7) is 0.638. The van der Waals surface area contributed by atoms with Crippen LogP contribution in [0.3, 0.4) is 0 Å². The number of nitrogens with one attached hydrogen (secondary N) is 2. The summed E-state index contributed by atoms with van der Waals surface area (Å²) >= 11 is 1.25. The molecule has 0 aliphatic carbocycles. The molecule has 2 aromatic heterocycles. The molecule has 0 saturated carbocycles. The molecule has 134 valence electrons. The van der Waals surface area contributed by atoms with Crippen molar-refractivity contribution in [1.82, 2.24) is 20.5 Å². The van der Waals surface area contributed by atoms with Gasteiger partial charge in [0.2, 0.25) is 5.13 Å². The van der Waals surface area contributed by atoms with Gasteiger partial charge in [0.05, 0.1) is 13.7 Å². The van der Waals surface area contributed by atoms with Crippen molar-refractivity contribution in [3.05, 3.63) is 48.7 Å². The first-order valence-electron chi connectivity index (χ1n) is 7.82. The van der Waals surface area contributed by atoms with E-state index in [1.807, 2.05) is 36.4 Å². The summed E-state index contributed by atoms with van der Waals surface area (Å²) in [5.41, 5.74) is 0.712. The first-order valence-corrected chi connectivity index (χ1v) is 8.63. The van der Waals surface area contributed by atoms with Gasteiger partial charge in [0.15, 0.2) is 16.5 Å². The zero-order valence-electron chi connectivity index (χ0n) is 14.0. The van der Waals surface area contributed by atoms with E-state index in [0.717, 1.165) is 0 Å². The number of rotatable bonds is 7. The van der Waals surface area contributed by atoms with Crippen molar-refractivity contribution >= 4 is 22.5 Å². The maximum atomic E-state index is 11.9. The molecule has 0 unspecified atom stereocenters. The Bertz CT molecular complexity index is 856. The van der Waals surface area contributed by atoms with Crippen molar-refractivity contribution in [2.24, 2.45) is 0 Å². The normalized spacial score (nSPS) is 10.2. The highest BCUT2D eigenvalue weighted by Gasteiger charge is 2.10. The number of amides is 2. The van der Waals surface area contributed by atoms with E-state index in [-0.39, 0.29) is 6.03 Å². The van der Waals surface area contributed by atoms with Gasteiger partial charge in [0, 0.05) is 6.20 Å². The number of ether oxygens (including phenoxy) is 2. The van der Waals surface area contributed by atoms with Gasteiger partial charge in [-0.25, -0.2) is 4.79 Å². The van der Waals surface area contributed by atoms with Crippen molar-refractivity contribution in [2.75, 3.05) is 25.6 Å². The second kappa shape index (κ2) is 8.77. The van der Waals surface area contributed by atoms with Crippen LogP contribution in [-0.4, -0.2) is 41.5 Å². The Labute approximate surface area is 154 Å². The van der Waals surface area contributed by atoms with E-state index in [1.165, 1.54) is 11.3 Å². The molecule has 0 spiro atoms. The van der Waals surface area contributed by atoms with Crippen LogP contribution in [0.2, 0.25) is 0 Å². The van der Waals surface area contributed by atoms with E-state index < -0.39 is 0 Å². The van der Waals surface area contributed by atoms with E-state index in [1.54, 1.807) is 19.4 Å². The third-order valence-corrected chi connectivity index (χ3v) is 4.10. The van der Waals surface area contributed by atoms with Crippen LogP contribution < -0.4 is 20.1 Å². The molecule has 1 aromatic carbocycles. The number of carbonyl (C=O) groups excluding carboxylic acids is 1. The zero-order chi connectivity index (χ0) is 18.2. The van der Waals surface area contributed by atoms with Crippen LogP contribution in [0.15, 0.2) is 48.7 Å². The molecule has 0 saturated heterocycles. The lowest BCUT2D eigenvalue weighted by Crippen LogP contribution is -2.32. The minimum absolute atomic E-state index is 0.309. The highest BCUT2D eigenvalue weighted by Crippen LogP contribution is 2.25. The van der Waals surface area contributed by atoms with Crippen molar-refractivity contribution in [1.29, 1.82) is 0 Å². The maximum Gasteiger partial charge on any atom is 0.321 e. The van der Waals surface area contributed by atoms with Gasteiger partial charge in [0.1, 0.15) is 12.3 Å². The van der Waals surface area contributed by atoms with E-state index in [9.17, 15) is 4.79 Å². The van der Waals surface area contributed by atoms with Crippen LogP contribution in [0.4, 0.5) is 9.93 Å². The van der Waals surface area contributed by atoms with Crippen molar-refractivity contribution in [3.63, 3.8) is 0 Å². The predicted molar refractivity (Wildman–Crippen MR) is 98.7 cm³/mol. The lowest BCUT2D eigenvalue weighted by atomic mass is 10.3. The second-order valence-electron chi connectivity index (χ2n) is 5.01. The predicted octanol–water partition coefficient (Wildman–Crippen LogP) is 2.81. The molecule has 0 bridgehead atoms. The molecule has 2 heterocycles. The molecule has 2 N–H and O–H groups in total. The fraction of sp³-hybridized carbons (Fsp3) is 0.176. The second-order valence-corrected chi connectivity index (χ2v) is 5.99. The summed E-state index contributed by atoms with van der Waals surface area (Å²) in [5.74, 6) is 1.27. The fourth-order valence-corrected chi connectivity index (χ4v) is 2.79. The van der Waals surface area contributed by atoms with Gasteiger partial charge in [-0.3, -0.25) is 10.3 Å². The van der Waals surface area contributed by atoms with Crippen molar-refractivity contribution < 1.29 is 14.3 Å². The zero-order valence-corrected chi connectivity index (χ0v) is 14.8. The third kappa shape index (κ3) is 4.67. The SMILES string of the molecule is COc1ccccc1OCCNC(=O)Nc1nnc(-c2ccccn2)s1. The van der Waals surface area contributed by atoms with E-state index >= 15 is 0 Å². The summed E-state index contributed by atoms with van der Waals surface area (Å²) in [5, 5.41) is 14.3. The van der Waals surface area contributed by atoms with Crippen LogP contribution in [0.25, 0.3) is 10.7 Å². The average Bonchev–Trinajstić information content (AvgIpc) is 3.14. The number of urea groups is 1. The van der Waals surface area contributed by atoms with Crippen LogP contribution in [0, 0.1) is 0 Å². The monoisotopic (exact) mass is 371 g/mol. The minimum atomic E-state index is -0.377. The number of para-hydroxylation sites is 2. The number of hydrogen-bond donors (Lipinski definition) is 2. The molecule has 0 radical (unpaired) electrons. The molecule has 26 heavy (non-hydrogen) atoms. The minimum Gasteiger partial charge on any atom is -0.493 e. The van der Waals surface area contributed by atoms with Crippen LogP contribution in [0.1, 0.15) is 0 Å². The number of pyridine rings is 1. The maximum absolute atomic E-state index is 11.9. The molecule has 0 atom stereocenters. The van der Waals surface area contributed by atoms with Gasteiger partial charge in [-0.15, -0.1) is 10.2 Å². The van der Waals surface area contributed by atoms with Gasteiger partial charge < -0.3 is 14.8 Å². The Morgan fingerprint density at radius 2 is 1.92 bits per heavy atom. The van der Waals surface area contributed by atoms with Crippen molar-refractivity contribution in [2.45, 2.75) is 0 Å². The molecule has 0 aliphatic heterocycles. The number of anilines is 1. The van der Waals surface area contributed by atoms with Crippen molar-refractivity contribution in [3.8, 4) is 22.2 Å². The number of nitrogens with zero attached hydrogens (tertiary/aromatic N) is 3. The highest BCUT2D eigenvalue weighted by atomic mass is 32.1. The number of benzene rings is 1. The number of carbonyl (C=O) groups is 1. The van der Waals surface area contributed by atoms with Gasteiger partial charge in [-0.2, -0.15) is 0 Å². The number of aromatic nitrogens is 3. The molecule has 3 aromatic rings. The Morgan fingerprint density at radius 3 is 2.69 bits per heavy atom. The number of hydrogen-bond acceptors (Lipinski definition) is 7. The quantitative estimate of drug-likeness (QED) is 0.620. The first kappa shape index (κ1) is 17.6. The first-order chi connectivity index (χ1) is 12.8. The fourth-order valence-electron chi connectivity index (χ4n) is 2.07. The molecule has 0 aliphatic rings. The standard InChI is InChI=1S/C17H17N5O3S/c1-24-13-7-2-3-8-14(13)25-11-10-19-16(23)20-17-22-21-15(26-17)12-6-4-5-9-18-12/h2-9H,10-11H2,1H3,(H2,19,20,22,23). The van der Waals surface area contributed by atoms with Gasteiger partial charge in [-0.1, -0.05) is 29.5 Å². The van der Waals surface area contributed by atoms with E-state index in [0.29, 0.717) is 40.5 Å². The molecule has 2 amide bonds. The molecule has 8 nitrogen and oxygen atoms in total. The number of methoxy groups -OCH3 is 1. The lowest BCUT2D eigenvalue weighted by molar-refractivity contribution is 0.246. The van der Waals surface area contributed by atoms with E-state index in [4.69, 9.17) is 9.47 Å². The Hall–Kier alpha value is -3.20. The van der Waals surface area contributed by atoms with Gasteiger partial charge in [-0.05, 0) is 24.3 Å². The summed E-state index contributed by atoms with van der Waals surface area (Å²) in [7, 11) is 1.58. The average molecular weight is 371 g/mol. The summed E-state index contributed by atoms with van der Waals surface area (Å²) in [4.78, 5) is 16.1. The summed E-state index contributed by atoms with van der Waals surface area (Å²) in [6, 6.07) is 12.5.